The van der Waals surface area contributed by atoms with Crippen LogP contribution in [0.2, 0.25) is 0 Å². The zero-order chi connectivity index (χ0) is 16.1. The molecule has 0 unspecified atom stereocenters. The fourth-order valence-corrected chi connectivity index (χ4v) is 2.04. The molecule has 2 amide bonds. The van der Waals surface area contributed by atoms with Crippen molar-refractivity contribution < 1.29 is 14.3 Å². The van der Waals surface area contributed by atoms with Gasteiger partial charge in [0.05, 0.1) is 7.11 Å². The van der Waals surface area contributed by atoms with Crippen molar-refractivity contribution in [2.24, 2.45) is 0 Å². The standard InChI is InChI=1S/C17H18N2O3/c1-11-7-8-13(9-16(11)22-3)17(21)19-15-6-4-5-14(10-15)18-12(2)20/h4-10H,1-3H3,(H,18,20)(H,19,21). The second-order valence-corrected chi connectivity index (χ2v) is 4.90. The van der Waals surface area contributed by atoms with E-state index in [1.165, 1.54) is 6.92 Å². The van der Waals surface area contributed by atoms with Gasteiger partial charge in [0, 0.05) is 23.9 Å². The molecule has 5 heteroatoms. The summed E-state index contributed by atoms with van der Waals surface area (Å²) >= 11 is 0. The minimum atomic E-state index is -0.238. The number of hydrogen-bond acceptors (Lipinski definition) is 3. The Morgan fingerprint density at radius 3 is 2.32 bits per heavy atom. The number of anilines is 2. The van der Waals surface area contributed by atoms with Crippen LogP contribution in [0.1, 0.15) is 22.8 Å². The normalized spacial score (nSPS) is 9.95. The third-order valence-corrected chi connectivity index (χ3v) is 3.11. The molecule has 0 bridgehead atoms. The Labute approximate surface area is 129 Å². The van der Waals surface area contributed by atoms with Gasteiger partial charge in [0.15, 0.2) is 0 Å². The van der Waals surface area contributed by atoms with E-state index in [-0.39, 0.29) is 11.8 Å². The maximum atomic E-state index is 12.3. The number of hydrogen-bond donors (Lipinski definition) is 2. The monoisotopic (exact) mass is 298 g/mol. The van der Waals surface area contributed by atoms with Crippen molar-refractivity contribution in [2.75, 3.05) is 17.7 Å². The largest absolute Gasteiger partial charge is 0.496 e. The van der Waals surface area contributed by atoms with Crippen LogP contribution in [0, 0.1) is 6.92 Å². The Morgan fingerprint density at radius 2 is 1.68 bits per heavy atom. The van der Waals surface area contributed by atoms with Crippen LogP contribution >= 0.6 is 0 Å². The minimum Gasteiger partial charge on any atom is -0.496 e. The molecule has 0 heterocycles. The van der Waals surface area contributed by atoms with Gasteiger partial charge in [-0.1, -0.05) is 12.1 Å². The van der Waals surface area contributed by atoms with E-state index in [4.69, 9.17) is 4.74 Å². The first kappa shape index (κ1) is 15.6. The van der Waals surface area contributed by atoms with Crippen molar-refractivity contribution in [1.82, 2.24) is 0 Å². The number of carbonyl (C=O) groups excluding carboxylic acids is 2. The summed E-state index contributed by atoms with van der Waals surface area (Å²) in [5.41, 5.74) is 2.71. The summed E-state index contributed by atoms with van der Waals surface area (Å²) in [5, 5.41) is 5.47. The first-order valence-corrected chi connectivity index (χ1v) is 6.83. The molecule has 0 atom stereocenters. The van der Waals surface area contributed by atoms with Gasteiger partial charge in [-0.15, -0.1) is 0 Å². The summed E-state index contributed by atoms with van der Waals surface area (Å²) in [4.78, 5) is 23.3. The fraction of sp³-hybridized carbons (Fsp3) is 0.176. The highest BCUT2D eigenvalue weighted by atomic mass is 16.5. The van der Waals surface area contributed by atoms with Crippen molar-refractivity contribution >= 4 is 23.2 Å². The number of aryl methyl sites for hydroxylation is 1. The van der Waals surface area contributed by atoms with E-state index in [2.05, 4.69) is 10.6 Å². The summed E-state index contributed by atoms with van der Waals surface area (Å²) in [6.07, 6.45) is 0. The highest BCUT2D eigenvalue weighted by Gasteiger charge is 2.09. The Hall–Kier alpha value is -2.82. The SMILES string of the molecule is COc1cc(C(=O)Nc2cccc(NC(C)=O)c2)ccc1C. The highest BCUT2D eigenvalue weighted by molar-refractivity contribution is 6.05. The molecule has 0 fully saturated rings. The van der Waals surface area contributed by atoms with Gasteiger partial charge in [-0.3, -0.25) is 9.59 Å². The van der Waals surface area contributed by atoms with Crippen LogP contribution in [-0.2, 0) is 4.79 Å². The lowest BCUT2D eigenvalue weighted by Crippen LogP contribution is -2.13. The molecular formula is C17H18N2O3. The highest BCUT2D eigenvalue weighted by Crippen LogP contribution is 2.21. The molecule has 2 aromatic rings. The third-order valence-electron chi connectivity index (χ3n) is 3.11. The molecule has 0 radical (unpaired) electrons. The minimum absolute atomic E-state index is 0.160. The van der Waals surface area contributed by atoms with Gasteiger partial charge in [-0.25, -0.2) is 0 Å². The molecule has 0 aliphatic heterocycles. The van der Waals surface area contributed by atoms with Crippen molar-refractivity contribution in [1.29, 1.82) is 0 Å². The lowest BCUT2D eigenvalue weighted by molar-refractivity contribution is -0.114. The van der Waals surface area contributed by atoms with Gasteiger partial charge in [-0.2, -0.15) is 0 Å². The molecule has 2 aromatic carbocycles. The number of benzene rings is 2. The molecule has 0 saturated heterocycles. The van der Waals surface area contributed by atoms with E-state index in [1.807, 2.05) is 13.0 Å². The van der Waals surface area contributed by atoms with Gasteiger partial charge < -0.3 is 15.4 Å². The molecule has 114 valence electrons. The van der Waals surface area contributed by atoms with E-state index in [9.17, 15) is 9.59 Å². The van der Waals surface area contributed by atoms with Crippen LogP contribution in [-0.4, -0.2) is 18.9 Å². The zero-order valence-corrected chi connectivity index (χ0v) is 12.8. The molecule has 0 aromatic heterocycles. The molecule has 2 rings (SSSR count). The number of nitrogens with one attached hydrogen (secondary N) is 2. The first-order valence-electron chi connectivity index (χ1n) is 6.83. The molecule has 22 heavy (non-hydrogen) atoms. The Kier molecular flexibility index (Phi) is 4.78. The Balaban J connectivity index is 2.16. The summed E-state index contributed by atoms with van der Waals surface area (Å²) in [7, 11) is 1.57. The van der Waals surface area contributed by atoms with Crippen molar-refractivity contribution in [3.8, 4) is 5.75 Å². The second kappa shape index (κ2) is 6.76. The lowest BCUT2D eigenvalue weighted by Gasteiger charge is -2.10. The van der Waals surface area contributed by atoms with Gasteiger partial charge in [0.25, 0.3) is 5.91 Å². The molecule has 2 N–H and O–H groups in total. The topological polar surface area (TPSA) is 67.4 Å². The summed E-state index contributed by atoms with van der Waals surface area (Å²) < 4.78 is 5.22. The predicted molar refractivity (Wildman–Crippen MR) is 86.4 cm³/mol. The van der Waals surface area contributed by atoms with Crippen molar-refractivity contribution in [3.63, 3.8) is 0 Å². The van der Waals surface area contributed by atoms with Crippen molar-refractivity contribution in [2.45, 2.75) is 13.8 Å². The Morgan fingerprint density at radius 1 is 1.00 bits per heavy atom. The third kappa shape index (κ3) is 3.85. The van der Waals surface area contributed by atoms with Crippen LogP contribution in [0.25, 0.3) is 0 Å². The van der Waals surface area contributed by atoms with E-state index in [0.29, 0.717) is 22.7 Å². The van der Waals surface area contributed by atoms with Crippen molar-refractivity contribution in [3.05, 3.63) is 53.6 Å². The number of amides is 2. The fourth-order valence-electron chi connectivity index (χ4n) is 2.04. The maximum absolute atomic E-state index is 12.3. The van der Waals surface area contributed by atoms with Crippen LogP contribution in [0.3, 0.4) is 0 Å². The Bertz CT molecular complexity index is 711. The smallest absolute Gasteiger partial charge is 0.255 e. The van der Waals surface area contributed by atoms with Crippen LogP contribution < -0.4 is 15.4 Å². The number of carbonyl (C=O) groups is 2. The van der Waals surface area contributed by atoms with Crippen LogP contribution in [0.5, 0.6) is 5.75 Å². The first-order chi connectivity index (χ1) is 10.5. The number of ether oxygens (including phenoxy) is 1. The predicted octanol–water partition coefficient (Wildman–Crippen LogP) is 3.21. The van der Waals surface area contributed by atoms with E-state index in [0.717, 1.165) is 5.56 Å². The lowest BCUT2D eigenvalue weighted by atomic mass is 10.1. The molecule has 0 aliphatic rings. The van der Waals surface area contributed by atoms with E-state index in [1.54, 1.807) is 43.5 Å². The average Bonchev–Trinajstić information content (AvgIpc) is 2.47. The number of rotatable bonds is 4. The summed E-state index contributed by atoms with van der Waals surface area (Å²) in [6, 6.07) is 12.2. The summed E-state index contributed by atoms with van der Waals surface area (Å²) in [5.74, 6) is 0.268. The second-order valence-electron chi connectivity index (χ2n) is 4.90. The zero-order valence-electron chi connectivity index (χ0n) is 12.8. The molecule has 0 spiro atoms. The van der Waals surface area contributed by atoms with Gasteiger partial charge in [0.1, 0.15) is 5.75 Å². The average molecular weight is 298 g/mol. The summed E-state index contributed by atoms with van der Waals surface area (Å²) in [6.45, 7) is 3.35. The van der Waals surface area contributed by atoms with Crippen LogP contribution in [0.4, 0.5) is 11.4 Å². The van der Waals surface area contributed by atoms with Gasteiger partial charge in [0.2, 0.25) is 5.91 Å². The maximum Gasteiger partial charge on any atom is 0.255 e. The molecule has 0 aliphatic carbocycles. The quantitative estimate of drug-likeness (QED) is 0.910. The van der Waals surface area contributed by atoms with Gasteiger partial charge >= 0.3 is 0 Å². The van der Waals surface area contributed by atoms with E-state index < -0.39 is 0 Å². The van der Waals surface area contributed by atoms with Crippen LogP contribution in [0.15, 0.2) is 42.5 Å². The van der Waals surface area contributed by atoms with E-state index >= 15 is 0 Å². The molecule has 0 saturated carbocycles. The molecule has 5 nitrogen and oxygen atoms in total. The number of methoxy groups -OCH3 is 1. The van der Waals surface area contributed by atoms with Gasteiger partial charge in [-0.05, 0) is 42.8 Å². The molecular weight excluding hydrogens is 280 g/mol.